The SMILES string of the molecule is C=CCS(=O)(=O)OC(=O)c1cc(Cl)ccc1F. The van der Waals surface area contributed by atoms with E-state index in [1.54, 1.807) is 0 Å². The summed E-state index contributed by atoms with van der Waals surface area (Å²) in [6.45, 7) is 3.19. The molecule has 7 heteroatoms. The summed E-state index contributed by atoms with van der Waals surface area (Å²) in [7, 11) is -4.09. The van der Waals surface area contributed by atoms with Gasteiger partial charge in [-0.2, -0.15) is 8.42 Å². The third-order valence-electron chi connectivity index (χ3n) is 1.67. The molecule has 0 unspecified atom stereocenters. The molecule has 1 rings (SSSR count). The van der Waals surface area contributed by atoms with Crippen molar-refractivity contribution in [3.8, 4) is 0 Å². The average molecular weight is 279 g/mol. The van der Waals surface area contributed by atoms with Crippen LogP contribution in [0, 0.1) is 5.82 Å². The summed E-state index contributed by atoms with van der Waals surface area (Å²) >= 11 is 5.55. The van der Waals surface area contributed by atoms with E-state index in [0.29, 0.717) is 0 Å². The second-order valence-corrected chi connectivity index (χ2v) is 5.06. The fourth-order valence-corrected chi connectivity index (χ4v) is 1.84. The van der Waals surface area contributed by atoms with E-state index in [1.165, 1.54) is 6.07 Å². The van der Waals surface area contributed by atoms with Gasteiger partial charge in [-0.3, -0.25) is 0 Å². The molecule has 0 spiro atoms. The first-order chi connectivity index (χ1) is 7.85. The zero-order valence-electron chi connectivity index (χ0n) is 8.52. The standard InChI is InChI=1S/C10H8ClFO4S/c1-2-5-17(14,15)16-10(13)8-6-7(11)3-4-9(8)12/h2-4,6H,1,5H2. The Kier molecular flexibility index (Phi) is 4.25. The Balaban J connectivity index is 2.98. The van der Waals surface area contributed by atoms with E-state index in [4.69, 9.17) is 11.6 Å². The van der Waals surface area contributed by atoms with E-state index in [1.807, 2.05) is 0 Å². The normalized spacial score (nSPS) is 10.9. The van der Waals surface area contributed by atoms with E-state index in [0.717, 1.165) is 18.2 Å². The molecule has 0 aliphatic carbocycles. The molecule has 92 valence electrons. The van der Waals surface area contributed by atoms with Crippen molar-refractivity contribution >= 4 is 27.7 Å². The van der Waals surface area contributed by atoms with Crippen molar-refractivity contribution < 1.29 is 21.8 Å². The Morgan fingerprint density at radius 2 is 2.18 bits per heavy atom. The molecule has 1 aromatic rings. The average Bonchev–Trinajstić information content (AvgIpc) is 2.20. The van der Waals surface area contributed by atoms with Gasteiger partial charge in [0.2, 0.25) is 0 Å². The molecule has 0 aliphatic rings. The van der Waals surface area contributed by atoms with Gasteiger partial charge in [-0.15, -0.1) is 6.58 Å². The van der Waals surface area contributed by atoms with Gasteiger partial charge in [0.05, 0.1) is 5.56 Å². The second-order valence-electron chi connectivity index (χ2n) is 3.01. The monoisotopic (exact) mass is 278 g/mol. The van der Waals surface area contributed by atoms with Crippen LogP contribution in [0.3, 0.4) is 0 Å². The van der Waals surface area contributed by atoms with E-state index >= 15 is 0 Å². The van der Waals surface area contributed by atoms with E-state index in [-0.39, 0.29) is 5.02 Å². The van der Waals surface area contributed by atoms with Crippen LogP contribution in [0.25, 0.3) is 0 Å². The van der Waals surface area contributed by atoms with Crippen LogP contribution < -0.4 is 0 Å². The highest BCUT2D eigenvalue weighted by atomic mass is 35.5. The maximum Gasteiger partial charge on any atom is 0.356 e. The first-order valence-electron chi connectivity index (χ1n) is 4.38. The molecule has 0 aliphatic heterocycles. The van der Waals surface area contributed by atoms with Crippen LogP contribution in [0.15, 0.2) is 30.9 Å². The number of benzene rings is 1. The van der Waals surface area contributed by atoms with Gasteiger partial charge < -0.3 is 4.18 Å². The van der Waals surface area contributed by atoms with Crippen molar-refractivity contribution in [1.29, 1.82) is 0 Å². The lowest BCUT2D eigenvalue weighted by Gasteiger charge is -2.04. The molecule has 1 aromatic carbocycles. The number of halogens is 2. The highest BCUT2D eigenvalue weighted by Crippen LogP contribution is 2.16. The van der Waals surface area contributed by atoms with E-state index in [9.17, 15) is 17.6 Å². The van der Waals surface area contributed by atoms with E-state index < -0.39 is 33.2 Å². The quantitative estimate of drug-likeness (QED) is 0.625. The Morgan fingerprint density at radius 3 is 2.76 bits per heavy atom. The van der Waals surface area contributed by atoms with Crippen LogP contribution in [0.2, 0.25) is 5.02 Å². The number of carbonyl (C=O) groups is 1. The van der Waals surface area contributed by atoms with Crippen molar-refractivity contribution in [2.45, 2.75) is 0 Å². The van der Waals surface area contributed by atoms with E-state index in [2.05, 4.69) is 10.8 Å². The van der Waals surface area contributed by atoms with Gasteiger partial charge in [0.1, 0.15) is 11.6 Å². The minimum Gasteiger partial charge on any atom is -0.341 e. The number of hydrogen-bond acceptors (Lipinski definition) is 4. The number of carbonyl (C=O) groups excluding carboxylic acids is 1. The summed E-state index contributed by atoms with van der Waals surface area (Å²) in [6, 6.07) is 3.16. The van der Waals surface area contributed by atoms with Gasteiger partial charge in [-0.25, -0.2) is 9.18 Å². The fraction of sp³-hybridized carbons (Fsp3) is 0.100. The van der Waals surface area contributed by atoms with Crippen LogP contribution >= 0.6 is 11.6 Å². The van der Waals surface area contributed by atoms with Crippen molar-refractivity contribution in [3.05, 3.63) is 47.3 Å². The van der Waals surface area contributed by atoms with Crippen molar-refractivity contribution in [2.24, 2.45) is 0 Å². The molecule has 0 radical (unpaired) electrons. The Morgan fingerprint density at radius 1 is 1.53 bits per heavy atom. The molecule has 0 fully saturated rings. The maximum atomic E-state index is 13.2. The van der Waals surface area contributed by atoms with Crippen LogP contribution in [0.5, 0.6) is 0 Å². The molecule has 4 nitrogen and oxygen atoms in total. The van der Waals surface area contributed by atoms with Crippen molar-refractivity contribution in [3.63, 3.8) is 0 Å². The zero-order chi connectivity index (χ0) is 13.1. The summed E-state index contributed by atoms with van der Waals surface area (Å²) in [4.78, 5) is 11.4. The van der Waals surface area contributed by atoms with Gasteiger partial charge in [0, 0.05) is 5.02 Å². The van der Waals surface area contributed by atoms with Crippen molar-refractivity contribution in [2.75, 3.05) is 5.75 Å². The summed E-state index contributed by atoms with van der Waals surface area (Å²) in [6.07, 6.45) is 1.05. The molecule has 0 amide bonds. The Bertz CT molecular complexity index is 553. The summed E-state index contributed by atoms with van der Waals surface area (Å²) in [5.74, 6) is -2.76. The first-order valence-corrected chi connectivity index (χ1v) is 6.33. The van der Waals surface area contributed by atoms with Crippen LogP contribution in [-0.2, 0) is 14.3 Å². The molecular formula is C10H8ClFO4S. The summed E-state index contributed by atoms with van der Waals surface area (Å²) in [5.41, 5.74) is -0.537. The number of rotatable bonds is 4. The van der Waals surface area contributed by atoms with Gasteiger partial charge in [-0.1, -0.05) is 17.7 Å². The summed E-state index contributed by atoms with van der Waals surface area (Å²) in [5, 5.41) is 0.0967. The first kappa shape index (κ1) is 13.7. The van der Waals surface area contributed by atoms with Gasteiger partial charge in [0.15, 0.2) is 0 Å². The number of hydrogen-bond donors (Lipinski definition) is 0. The molecule has 17 heavy (non-hydrogen) atoms. The molecule has 0 bridgehead atoms. The molecule has 0 N–H and O–H groups in total. The van der Waals surface area contributed by atoms with Gasteiger partial charge >= 0.3 is 16.1 Å². The molecule has 0 aromatic heterocycles. The lowest BCUT2D eigenvalue weighted by atomic mass is 10.2. The topological polar surface area (TPSA) is 60.4 Å². The summed E-state index contributed by atoms with van der Waals surface area (Å²) < 4.78 is 39.7. The minimum absolute atomic E-state index is 0.0967. The van der Waals surface area contributed by atoms with Crippen LogP contribution in [0.1, 0.15) is 10.4 Å². The highest BCUT2D eigenvalue weighted by molar-refractivity contribution is 7.87. The zero-order valence-corrected chi connectivity index (χ0v) is 10.1. The smallest absolute Gasteiger partial charge is 0.341 e. The van der Waals surface area contributed by atoms with Gasteiger partial charge in [0.25, 0.3) is 0 Å². The van der Waals surface area contributed by atoms with Gasteiger partial charge in [-0.05, 0) is 18.2 Å². The second kappa shape index (κ2) is 5.29. The molecule has 0 saturated carbocycles. The third-order valence-corrected chi connectivity index (χ3v) is 2.96. The highest BCUT2D eigenvalue weighted by Gasteiger charge is 2.20. The fourth-order valence-electron chi connectivity index (χ4n) is 0.992. The lowest BCUT2D eigenvalue weighted by Crippen LogP contribution is -2.16. The molecule has 0 heterocycles. The predicted molar refractivity (Wildman–Crippen MR) is 60.8 cm³/mol. The molecule has 0 saturated heterocycles. The lowest BCUT2D eigenvalue weighted by molar-refractivity contribution is 0.0742. The Hall–Kier alpha value is -1.40. The minimum atomic E-state index is -4.09. The molecular weight excluding hydrogens is 271 g/mol. The van der Waals surface area contributed by atoms with Crippen LogP contribution in [0.4, 0.5) is 4.39 Å². The Labute approximate surface area is 103 Å². The van der Waals surface area contributed by atoms with Crippen molar-refractivity contribution in [1.82, 2.24) is 0 Å². The van der Waals surface area contributed by atoms with Crippen LogP contribution in [-0.4, -0.2) is 20.1 Å². The third kappa shape index (κ3) is 3.83. The largest absolute Gasteiger partial charge is 0.356 e. The maximum absolute atomic E-state index is 13.2. The predicted octanol–water partition coefficient (Wildman–Crippen LogP) is 2.15. The molecule has 0 atom stereocenters.